The first-order valence-corrected chi connectivity index (χ1v) is 10.6. The molecule has 6 heteroatoms. The van der Waals surface area contributed by atoms with Gasteiger partial charge in [0.1, 0.15) is 11.5 Å². The predicted octanol–water partition coefficient (Wildman–Crippen LogP) is 5.03. The van der Waals surface area contributed by atoms with Gasteiger partial charge in [-0.25, -0.2) is 9.59 Å². The average Bonchev–Trinajstić information content (AvgIpc) is 2.73. The number of carboxylic acids is 2. The quantitative estimate of drug-likeness (QED) is 0.446. The van der Waals surface area contributed by atoms with E-state index in [1.54, 1.807) is 0 Å². The lowest BCUT2D eigenvalue weighted by Crippen LogP contribution is -2.16. The van der Waals surface area contributed by atoms with E-state index in [0.717, 1.165) is 38.9 Å². The Hall–Kier alpha value is -3.80. The molecule has 2 N–H and O–H groups in total. The van der Waals surface area contributed by atoms with Crippen LogP contribution < -0.4 is 9.47 Å². The minimum absolute atomic E-state index is 0.365. The van der Waals surface area contributed by atoms with Crippen LogP contribution in [-0.2, 0) is 9.59 Å². The number of carboxylic acid groups (broad SMARTS) is 2. The fourth-order valence-electron chi connectivity index (χ4n) is 4.24. The van der Waals surface area contributed by atoms with E-state index in [0.29, 0.717) is 11.5 Å². The monoisotopic (exact) mass is 448 g/mol. The Bertz CT molecular complexity index is 1090. The summed E-state index contributed by atoms with van der Waals surface area (Å²) in [6, 6.07) is 17.6. The van der Waals surface area contributed by atoms with E-state index in [1.807, 2.05) is 82.3 Å². The van der Waals surface area contributed by atoms with Gasteiger partial charge in [0.15, 0.2) is 13.2 Å². The van der Waals surface area contributed by atoms with Crippen LogP contribution in [-0.4, -0.2) is 35.4 Å². The summed E-state index contributed by atoms with van der Waals surface area (Å²) in [6.07, 6.45) is 0. The molecular weight excluding hydrogens is 420 g/mol. The highest BCUT2D eigenvalue weighted by molar-refractivity contribution is 5.69. The molecule has 3 rings (SSSR count). The molecule has 3 aromatic carbocycles. The summed E-state index contributed by atoms with van der Waals surface area (Å²) in [7, 11) is 0. The van der Waals surface area contributed by atoms with Crippen LogP contribution in [0.2, 0.25) is 0 Å². The van der Waals surface area contributed by atoms with Crippen molar-refractivity contribution in [3.8, 4) is 11.5 Å². The molecule has 0 aliphatic rings. The van der Waals surface area contributed by atoms with E-state index >= 15 is 0 Å². The van der Waals surface area contributed by atoms with Crippen LogP contribution in [0.25, 0.3) is 0 Å². The third-order valence-corrected chi connectivity index (χ3v) is 5.33. The maximum Gasteiger partial charge on any atom is 0.341 e. The topological polar surface area (TPSA) is 93.1 Å². The minimum Gasteiger partial charge on any atom is -0.481 e. The van der Waals surface area contributed by atoms with Gasteiger partial charge in [0.25, 0.3) is 0 Å². The van der Waals surface area contributed by atoms with Crippen molar-refractivity contribution >= 4 is 11.9 Å². The van der Waals surface area contributed by atoms with Gasteiger partial charge in [-0.1, -0.05) is 65.7 Å². The second-order valence-corrected chi connectivity index (χ2v) is 8.21. The normalized spacial score (nSPS) is 10.8. The van der Waals surface area contributed by atoms with Crippen molar-refractivity contribution < 1.29 is 29.3 Å². The molecule has 6 nitrogen and oxygen atoms in total. The van der Waals surface area contributed by atoms with Crippen molar-refractivity contribution in [2.75, 3.05) is 13.2 Å². The zero-order valence-corrected chi connectivity index (χ0v) is 19.2. The fourth-order valence-corrected chi connectivity index (χ4v) is 4.24. The molecule has 0 aliphatic carbocycles. The van der Waals surface area contributed by atoms with Crippen LogP contribution in [0.5, 0.6) is 11.5 Å². The van der Waals surface area contributed by atoms with Gasteiger partial charge < -0.3 is 19.7 Å². The van der Waals surface area contributed by atoms with Crippen LogP contribution in [0.15, 0.2) is 54.6 Å². The van der Waals surface area contributed by atoms with Gasteiger partial charge in [0, 0.05) is 17.0 Å². The summed E-state index contributed by atoms with van der Waals surface area (Å²) < 4.78 is 11.5. The first kappa shape index (κ1) is 23.9. The molecule has 0 aliphatic heterocycles. The lowest BCUT2D eigenvalue weighted by Gasteiger charge is -2.26. The molecule has 0 atom stereocenters. The van der Waals surface area contributed by atoms with Crippen molar-refractivity contribution in [3.63, 3.8) is 0 Å². The Kier molecular flexibility index (Phi) is 7.38. The number of rotatable bonds is 9. The molecule has 0 amide bonds. The number of hydrogen-bond donors (Lipinski definition) is 2. The summed E-state index contributed by atoms with van der Waals surface area (Å²) in [5.74, 6) is -1.49. The van der Waals surface area contributed by atoms with Gasteiger partial charge in [-0.15, -0.1) is 0 Å². The van der Waals surface area contributed by atoms with Crippen molar-refractivity contribution in [1.29, 1.82) is 0 Å². The second-order valence-electron chi connectivity index (χ2n) is 8.21. The molecule has 0 fully saturated rings. The Balaban J connectivity index is 2.31. The lowest BCUT2D eigenvalue weighted by molar-refractivity contribution is -0.140. The summed E-state index contributed by atoms with van der Waals surface area (Å²) in [6.45, 7) is 6.80. The number of carbonyl (C=O) groups is 2. The third kappa shape index (κ3) is 5.71. The first-order chi connectivity index (χ1) is 15.7. The molecule has 0 bridgehead atoms. The van der Waals surface area contributed by atoms with Crippen LogP contribution in [0, 0.1) is 27.7 Å². The SMILES string of the molecule is Cc1cc(C)c(OCC(=O)O)c(C(c2ccccc2)c2cc(C)cc(C)c2OCC(=O)O)c1. The maximum atomic E-state index is 11.3. The molecular formula is C27H28O6. The van der Waals surface area contributed by atoms with Gasteiger partial charge in [-0.2, -0.15) is 0 Å². The highest BCUT2D eigenvalue weighted by Crippen LogP contribution is 2.44. The van der Waals surface area contributed by atoms with Crippen molar-refractivity contribution in [2.45, 2.75) is 33.6 Å². The van der Waals surface area contributed by atoms with Gasteiger partial charge in [0.05, 0.1) is 0 Å². The molecule has 0 saturated heterocycles. The summed E-state index contributed by atoms with van der Waals surface area (Å²) in [5, 5.41) is 18.4. The van der Waals surface area contributed by atoms with Gasteiger partial charge in [-0.3, -0.25) is 0 Å². The first-order valence-electron chi connectivity index (χ1n) is 10.6. The Morgan fingerprint density at radius 3 is 1.55 bits per heavy atom. The van der Waals surface area contributed by atoms with E-state index in [2.05, 4.69) is 0 Å². The molecule has 0 radical (unpaired) electrons. The zero-order valence-electron chi connectivity index (χ0n) is 19.2. The third-order valence-electron chi connectivity index (χ3n) is 5.33. The Morgan fingerprint density at radius 1 is 0.727 bits per heavy atom. The van der Waals surface area contributed by atoms with E-state index in [9.17, 15) is 19.8 Å². The van der Waals surface area contributed by atoms with E-state index < -0.39 is 25.2 Å². The van der Waals surface area contributed by atoms with Crippen LogP contribution in [0.3, 0.4) is 0 Å². The average molecular weight is 449 g/mol. The van der Waals surface area contributed by atoms with Crippen LogP contribution in [0.1, 0.15) is 44.9 Å². The second kappa shape index (κ2) is 10.2. The van der Waals surface area contributed by atoms with Gasteiger partial charge >= 0.3 is 11.9 Å². The Labute approximate surface area is 193 Å². The molecule has 0 saturated carbocycles. The van der Waals surface area contributed by atoms with E-state index in [1.165, 1.54) is 0 Å². The molecule has 0 spiro atoms. The summed E-state index contributed by atoms with van der Waals surface area (Å²) in [5.41, 5.74) is 6.20. The molecule has 0 unspecified atom stereocenters. The van der Waals surface area contributed by atoms with Crippen LogP contribution >= 0.6 is 0 Å². The fraction of sp³-hybridized carbons (Fsp3) is 0.259. The highest BCUT2D eigenvalue weighted by Gasteiger charge is 2.27. The number of aliphatic carboxylic acids is 2. The smallest absolute Gasteiger partial charge is 0.341 e. The Morgan fingerprint density at radius 2 is 1.15 bits per heavy atom. The molecule has 0 aromatic heterocycles. The van der Waals surface area contributed by atoms with Gasteiger partial charge in [-0.05, 0) is 44.4 Å². The van der Waals surface area contributed by atoms with E-state index in [-0.39, 0.29) is 5.92 Å². The number of hydrogen-bond acceptors (Lipinski definition) is 4. The largest absolute Gasteiger partial charge is 0.481 e. The highest BCUT2D eigenvalue weighted by atomic mass is 16.5. The van der Waals surface area contributed by atoms with Gasteiger partial charge in [0.2, 0.25) is 0 Å². The minimum atomic E-state index is -1.06. The van der Waals surface area contributed by atoms with Crippen molar-refractivity contribution in [3.05, 3.63) is 93.5 Å². The number of ether oxygens (including phenoxy) is 2. The molecule has 33 heavy (non-hydrogen) atoms. The lowest BCUT2D eigenvalue weighted by atomic mass is 9.81. The van der Waals surface area contributed by atoms with Crippen molar-refractivity contribution in [1.82, 2.24) is 0 Å². The maximum absolute atomic E-state index is 11.3. The number of aryl methyl sites for hydroxylation is 4. The summed E-state index contributed by atoms with van der Waals surface area (Å²) in [4.78, 5) is 22.5. The zero-order chi connectivity index (χ0) is 24.1. The standard InChI is InChI=1S/C27H28O6/c1-16-10-18(3)26(32-14-23(28)29)21(12-16)25(20-8-6-5-7-9-20)22-13-17(2)11-19(4)27(22)33-15-24(30)31/h5-13,25H,14-15H2,1-4H3,(H,28,29)(H,30,31). The molecule has 3 aromatic rings. The van der Waals surface area contributed by atoms with Crippen molar-refractivity contribution in [2.24, 2.45) is 0 Å². The molecule has 172 valence electrons. The predicted molar refractivity (Wildman–Crippen MR) is 125 cm³/mol. The molecule has 0 heterocycles. The number of benzene rings is 3. The van der Waals surface area contributed by atoms with E-state index in [4.69, 9.17) is 9.47 Å². The summed E-state index contributed by atoms with van der Waals surface area (Å²) >= 11 is 0. The van der Waals surface area contributed by atoms with Crippen LogP contribution in [0.4, 0.5) is 0 Å².